The van der Waals surface area contributed by atoms with Crippen LogP contribution in [-0.2, 0) is 4.74 Å². The van der Waals surface area contributed by atoms with Crippen LogP contribution in [0, 0.1) is 6.92 Å². The minimum absolute atomic E-state index is 0.178. The average Bonchev–Trinajstić information content (AvgIpc) is 2.62. The number of aromatic nitrogens is 1. The predicted octanol–water partition coefficient (Wildman–Crippen LogP) is 4.74. The molecule has 0 amide bonds. The van der Waals surface area contributed by atoms with E-state index in [1.165, 1.54) is 7.11 Å². The van der Waals surface area contributed by atoms with Crippen LogP contribution >= 0.6 is 11.6 Å². The Labute approximate surface area is 150 Å². The largest absolute Gasteiger partial charge is 0.495 e. The molecule has 0 spiro atoms. The maximum Gasteiger partial charge on any atom is 0.356 e. The summed E-state index contributed by atoms with van der Waals surface area (Å²) in [6.07, 6.45) is 0. The lowest BCUT2D eigenvalue weighted by Gasteiger charge is -2.15. The fraction of sp³-hybridized carbons (Fsp3) is 0.158. The maximum absolute atomic E-state index is 12.0. The number of methoxy groups -OCH3 is 2. The Morgan fingerprint density at radius 1 is 1.12 bits per heavy atom. The summed E-state index contributed by atoms with van der Waals surface area (Å²) < 4.78 is 10.2. The van der Waals surface area contributed by atoms with Crippen molar-refractivity contribution in [3.05, 3.63) is 58.7 Å². The summed E-state index contributed by atoms with van der Waals surface area (Å²) in [4.78, 5) is 16.3. The first-order valence-electron chi connectivity index (χ1n) is 7.62. The van der Waals surface area contributed by atoms with Crippen molar-refractivity contribution < 1.29 is 14.3 Å². The van der Waals surface area contributed by atoms with Gasteiger partial charge < -0.3 is 14.8 Å². The summed E-state index contributed by atoms with van der Waals surface area (Å²) in [6, 6.07) is 12.9. The number of ether oxygens (including phenoxy) is 2. The summed E-state index contributed by atoms with van der Waals surface area (Å²) in [6.45, 7) is 1.99. The third kappa shape index (κ3) is 3.37. The Balaban J connectivity index is 2.19. The molecule has 0 radical (unpaired) electrons. The number of hydrogen-bond acceptors (Lipinski definition) is 5. The zero-order chi connectivity index (χ0) is 18.0. The average molecular weight is 357 g/mol. The molecule has 0 aliphatic rings. The third-order valence-electron chi connectivity index (χ3n) is 3.81. The summed E-state index contributed by atoms with van der Waals surface area (Å²) in [5, 5.41) is 4.58. The molecule has 0 saturated heterocycles. The number of nitrogens with one attached hydrogen (secondary N) is 1. The monoisotopic (exact) mass is 356 g/mol. The second kappa shape index (κ2) is 6.99. The molecule has 5 nitrogen and oxygen atoms in total. The van der Waals surface area contributed by atoms with Crippen LogP contribution in [0.4, 0.5) is 11.4 Å². The lowest BCUT2D eigenvalue weighted by Crippen LogP contribution is -2.06. The topological polar surface area (TPSA) is 60.5 Å². The van der Waals surface area contributed by atoms with Crippen LogP contribution in [0.1, 0.15) is 16.1 Å². The van der Waals surface area contributed by atoms with Gasteiger partial charge in [0, 0.05) is 5.39 Å². The molecule has 1 aromatic heterocycles. The smallest absolute Gasteiger partial charge is 0.356 e. The summed E-state index contributed by atoms with van der Waals surface area (Å²) in [5.74, 6) is 0.165. The van der Waals surface area contributed by atoms with E-state index in [1.54, 1.807) is 19.2 Å². The molecule has 0 saturated carbocycles. The van der Waals surface area contributed by atoms with Crippen molar-refractivity contribution in [1.82, 2.24) is 4.98 Å². The Kier molecular flexibility index (Phi) is 4.76. The SMILES string of the molecule is COC(=O)c1cc(Nc2cc(C)ccc2OC)c2cccc(Cl)c2n1. The van der Waals surface area contributed by atoms with Gasteiger partial charge in [0.1, 0.15) is 5.75 Å². The molecule has 0 unspecified atom stereocenters. The normalized spacial score (nSPS) is 10.6. The van der Waals surface area contributed by atoms with Gasteiger partial charge in [-0.1, -0.05) is 29.8 Å². The molecule has 0 aliphatic heterocycles. The van der Waals surface area contributed by atoms with Crippen molar-refractivity contribution in [2.45, 2.75) is 6.92 Å². The van der Waals surface area contributed by atoms with Crippen LogP contribution < -0.4 is 10.1 Å². The van der Waals surface area contributed by atoms with Gasteiger partial charge in [0.05, 0.1) is 36.1 Å². The number of nitrogens with zero attached hydrogens (tertiary/aromatic N) is 1. The number of carbonyl (C=O) groups is 1. The molecule has 0 fully saturated rings. The molecular formula is C19H17ClN2O3. The number of pyridine rings is 1. The van der Waals surface area contributed by atoms with E-state index in [-0.39, 0.29) is 5.69 Å². The molecule has 2 aromatic carbocycles. The number of benzene rings is 2. The van der Waals surface area contributed by atoms with Gasteiger partial charge >= 0.3 is 5.97 Å². The summed E-state index contributed by atoms with van der Waals surface area (Å²) >= 11 is 6.27. The fourth-order valence-corrected chi connectivity index (χ4v) is 2.81. The number of hydrogen-bond donors (Lipinski definition) is 1. The summed E-state index contributed by atoms with van der Waals surface area (Å²) in [7, 11) is 2.93. The molecule has 0 aliphatic carbocycles. The van der Waals surface area contributed by atoms with Gasteiger partial charge in [-0.3, -0.25) is 0 Å². The van der Waals surface area contributed by atoms with Crippen molar-refractivity contribution in [2.24, 2.45) is 0 Å². The number of halogens is 1. The zero-order valence-corrected chi connectivity index (χ0v) is 14.8. The highest BCUT2D eigenvalue weighted by molar-refractivity contribution is 6.35. The van der Waals surface area contributed by atoms with Gasteiger partial charge in [0.25, 0.3) is 0 Å². The van der Waals surface area contributed by atoms with Crippen LogP contribution in [-0.4, -0.2) is 25.2 Å². The Bertz CT molecular complexity index is 957. The maximum atomic E-state index is 12.0. The van der Waals surface area contributed by atoms with Gasteiger partial charge in [-0.2, -0.15) is 0 Å². The molecule has 6 heteroatoms. The van der Waals surface area contributed by atoms with Gasteiger partial charge in [0.15, 0.2) is 5.69 Å². The first-order valence-corrected chi connectivity index (χ1v) is 8.00. The van der Waals surface area contributed by atoms with E-state index in [0.29, 0.717) is 22.0 Å². The Morgan fingerprint density at radius 3 is 2.64 bits per heavy atom. The van der Waals surface area contributed by atoms with Crippen molar-refractivity contribution >= 4 is 39.8 Å². The molecule has 3 rings (SSSR count). The highest BCUT2D eigenvalue weighted by atomic mass is 35.5. The number of anilines is 2. The molecule has 0 bridgehead atoms. The van der Waals surface area contributed by atoms with E-state index >= 15 is 0 Å². The van der Waals surface area contributed by atoms with Gasteiger partial charge in [0.2, 0.25) is 0 Å². The highest BCUT2D eigenvalue weighted by Gasteiger charge is 2.15. The van der Waals surface area contributed by atoms with Gasteiger partial charge in [-0.25, -0.2) is 9.78 Å². The molecule has 128 valence electrons. The van der Waals surface area contributed by atoms with E-state index in [9.17, 15) is 4.79 Å². The number of para-hydroxylation sites is 1. The van der Waals surface area contributed by atoms with Crippen LogP contribution in [0.3, 0.4) is 0 Å². The van der Waals surface area contributed by atoms with Crippen molar-refractivity contribution in [2.75, 3.05) is 19.5 Å². The van der Waals surface area contributed by atoms with E-state index in [2.05, 4.69) is 10.3 Å². The second-order valence-electron chi connectivity index (χ2n) is 5.51. The van der Waals surface area contributed by atoms with Gasteiger partial charge in [-0.05, 0) is 36.8 Å². The van der Waals surface area contributed by atoms with Gasteiger partial charge in [-0.15, -0.1) is 0 Å². The first kappa shape index (κ1) is 17.0. The molecule has 1 heterocycles. The fourth-order valence-electron chi connectivity index (χ4n) is 2.59. The first-order chi connectivity index (χ1) is 12.0. The number of esters is 1. The van der Waals surface area contributed by atoms with Crippen molar-refractivity contribution in [3.63, 3.8) is 0 Å². The minimum Gasteiger partial charge on any atom is -0.495 e. The van der Waals surface area contributed by atoms with Crippen molar-refractivity contribution in [1.29, 1.82) is 0 Å². The van der Waals surface area contributed by atoms with E-state index in [4.69, 9.17) is 21.1 Å². The van der Waals surface area contributed by atoms with Crippen molar-refractivity contribution in [3.8, 4) is 5.75 Å². The molecule has 1 N–H and O–H groups in total. The highest BCUT2D eigenvalue weighted by Crippen LogP contribution is 2.34. The number of fused-ring (bicyclic) bond motifs is 1. The molecule has 3 aromatic rings. The molecule has 0 atom stereocenters. The quantitative estimate of drug-likeness (QED) is 0.684. The minimum atomic E-state index is -0.527. The van der Waals surface area contributed by atoms with Crippen LogP contribution in [0.2, 0.25) is 5.02 Å². The predicted molar refractivity (Wildman–Crippen MR) is 99.1 cm³/mol. The zero-order valence-electron chi connectivity index (χ0n) is 14.1. The summed E-state index contributed by atoms with van der Waals surface area (Å²) in [5.41, 5.74) is 3.26. The number of aryl methyl sites for hydroxylation is 1. The van der Waals surface area contributed by atoms with E-state index in [0.717, 1.165) is 16.6 Å². The van der Waals surface area contributed by atoms with Crippen LogP contribution in [0.5, 0.6) is 5.75 Å². The van der Waals surface area contributed by atoms with Crippen LogP contribution in [0.25, 0.3) is 10.9 Å². The Hall–Kier alpha value is -2.79. The third-order valence-corrected chi connectivity index (χ3v) is 4.11. The van der Waals surface area contributed by atoms with E-state index in [1.807, 2.05) is 37.3 Å². The van der Waals surface area contributed by atoms with Crippen LogP contribution in [0.15, 0.2) is 42.5 Å². The second-order valence-corrected chi connectivity index (χ2v) is 5.92. The lowest BCUT2D eigenvalue weighted by molar-refractivity contribution is 0.0594. The lowest BCUT2D eigenvalue weighted by atomic mass is 10.1. The standard InChI is InChI=1S/C19H17ClN2O3/c1-11-7-8-17(24-2)15(9-11)21-14-10-16(19(23)25-3)22-18-12(14)5-4-6-13(18)20/h4-10H,1-3H3,(H,21,22). The number of rotatable bonds is 4. The molecule has 25 heavy (non-hydrogen) atoms. The Morgan fingerprint density at radius 2 is 1.92 bits per heavy atom. The van der Waals surface area contributed by atoms with E-state index < -0.39 is 5.97 Å². The number of carbonyl (C=O) groups excluding carboxylic acids is 1. The molecular weight excluding hydrogens is 340 g/mol.